The Hall–Kier alpha value is -2.55. The summed E-state index contributed by atoms with van der Waals surface area (Å²) in [6.07, 6.45) is 3.34. The number of aryl methyl sites for hydroxylation is 2. The number of carbonyl (C=O) groups is 1. The minimum absolute atomic E-state index is 0.0561. The van der Waals surface area contributed by atoms with E-state index in [1.807, 2.05) is 19.9 Å². The molecule has 112 valence electrons. The minimum atomic E-state index is -0.176. The summed E-state index contributed by atoms with van der Waals surface area (Å²) in [5, 5.41) is 18.9. The largest absolute Gasteiger partial charge is 0.504 e. The van der Waals surface area contributed by atoms with Crippen molar-refractivity contribution in [3.63, 3.8) is 0 Å². The number of hydrogen-bond donors (Lipinski definition) is 2. The van der Waals surface area contributed by atoms with Crippen LogP contribution in [0.15, 0.2) is 35.9 Å². The van der Waals surface area contributed by atoms with Crippen LogP contribution in [0.3, 0.4) is 0 Å². The van der Waals surface area contributed by atoms with Gasteiger partial charge < -0.3 is 10.2 Å². The van der Waals surface area contributed by atoms with Crippen molar-refractivity contribution in [3.8, 4) is 11.5 Å². The van der Waals surface area contributed by atoms with Crippen LogP contribution in [0.2, 0.25) is 0 Å². The van der Waals surface area contributed by atoms with Gasteiger partial charge in [0.05, 0.1) is 0 Å². The zero-order valence-corrected chi connectivity index (χ0v) is 12.7. The van der Waals surface area contributed by atoms with Crippen LogP contribution in [0, 0.1) is 13.8 Å². The highest BCUT2D eigenvalue weighted by Gasteiger charge is 2.23. The normalized spacial score (nSPS) is 15.9. The van der Waals surface area contributed by atoms with Crippen LogP contribution in [-0.4, -0.2) is 16.0 Å². The molecule has 3 rings (SSSR count). The quantitative estimate of drug-likeness (QED) is 0.619. The molecule has 0 saturated heterocycles. The van der Waals surface area contributed by atoms with Gasteiger partial charge in [-0.1, -0.05) is 17.7 Å². The van der Waals surface area contributed by atoms with Gasteiger partial charge in [-0.2, -0.15) is 0 Å². The highest BCUT2D eigenvalue weighted by molar-refractivity contribution is 6.13. The van der Waals surface area contributed by atoms with Gasteiger partial charge in [0.15, 0.2) is 17.3 Å². The third-order valence-electron chi connectivity index (χ3n) is 4.14. The van der Waals surface area contributed by atoms with E-state index in [0.29, 0.717) is 12.0 Å². The first kappa shape index (κ1) is 14.4. The average Bonchev–Trinajstić information content (AvgIpc) is 2.46. The highest BCUT2D eigenvalue weighted by atomic mass is 16.3. The summed E-state index contributed by atoms with van der Waals surface area (Å²) >= 11 is 0. The summed E-state index contributed by atoms with van der Waals surface area (Å²) in [5.41, 5.74) is 5.64. The predicted octanol–water partition coefficient (Wildman–Crippen LogP) is 3.93. The molecule has 0 radical (unpaired) electrons. The molecule has 0 heterocycles. The van der Waals surface area contributed by atoms with E-state index in [4.69, 9.17) is 0 Å². The molecule has 1 aliphatic carbocycles. The van der Waals surface area contributed by atoms with Gasteiger partial charge in [-0.05, 0) is 67.7 Å². The number of fused-ring (bicyclic) bond motifs is 1. The summed E-state index contributed by atoms with van der Waals surface area (Å²) in [5.74, 6) is -0.279. The Morgan fingerprint density at radius 2 is 1.77 bits per heavy atom. The number of hydrogen-bond acceptors (Lipinski definition) is 3. The number of phenolic OH excluding ortho intramolecular Hbond substituents is 2. The molecular formula is C19H18O3. The van der Waals surface area contributed by atoms with Gasteiger partial charge >= 0.3 is 0 Å². The molecule has 3 heteroatoms. The molecular weight excluding hydrogens is 276 g/mol. The van der Waals surface area contributed by atoms with Crippen LogP contribution in [0.5, 0.6) is 11.5 Å². The van der Waals surface area contributed by atoms with Gasteiger partial charge in [-0.25, -0.2) is 0 Å². The number of benzene rings is 2. The second kappa shape index (κ2) is 5.34. The Bertz CT molecular complexity index is 801. The average molecular weight is 294 g/mol. The van der Waals surface area contributed by atoms with E-state index >= 15 is 0 Å². The first-order valence-corrected chi connectivity index (χ1v) is 7.33. The maximum Gasteiger partial charge on any atom is 0.189 e. The Labute approximate surface area is 129 Å². The third-order valence-corrected chi connectivity index (χ3v) is 4.14. The number of aromatic hydroxyl groups is 2. The first-order valence-electron chi connectivity index (χ1n) is 7.33. The van der Waals surface area contributed by atoms with E-state index in [9.17, 15) is 15.0 Å². The SMILES string of the molecule is Cc1cc(C)c2c(c1)C(=O)/C(=C/c1ccc(O)c(O)c1)CC2. The fourth-order valence-electron chi connectivity index (χ4n) is 3.05. The first-order chi connectivity index (χ1) is 10.5. The molecule has 1 aliphatic rings. The zero-order valence-electron chi connectivity index (χ0n) is 12.7. The number of Topliss-reactive ketones (excluding diaryl/α,β-unsaturated/α-hetero) is 1. The van der Waals surface area contributed by atoms with E-state index < -0.39 is 0 Å². The summed E-state index contributed by atoms with van der Waals surface area (Å²) in [4.78, 5) is 12.7. The van der Waals surface area contributed by atoms with Gasteiger partial charge in [0.2, 0.25) is 0 Å². The Balaban J connectivity index is 2.02. The fraction of sp³-hybridized carbons (Fsp3) is 0.211. The molecule has 0 aliphatic heterocycles. The molecule has 0 fully saturated rings. The summed E-state index contributed by atoms with van der Waals surface area (Å²) < 4.78 is 0. The molecule has 0 spiro atoms. The molecule has 0 atom stereocenters. The maximum absolute atomic E-state index is 12.7. The fourth-order valence-corrected chi connectivity index (χ4v) is 3.05. The number of allylic oxidation sites excluding steroid dienone is 1. The summed E-state index contributed by atoms with van der Waals surface area (Å²) in [6, 6.07) is 8.64. The van der Waals surface area contributed by atoms with Crippen molar-refractivity contribution in [1.29, 1.82) is 0 Å². The van der Waals surface area contributed by atoms with Gasteiger partial charge in [0.1, 0.15) is 0 Å². The molecule has 2 aromatic rings. The highest BCUT2D eigenvalue weighted by Crippen LogP contribution is 2.31. The Morgan fingerprint density at radius 1 is 1.00 bits per heavy atom. The number of rotatable bonds is 1. The lowest BCUT2D eigenvalue weighted by atomic mass is 9.83. The Kier molecular flexibility index (Phi) is 3.49. The van der Waals surface area contributed by atoms with Gasteiger partial charge in [-0.3, -0.25) is 4.79 Å². The molecule has 3 nitrogen and oxygen atoms in total. The summed E-state index contributed by atoms with van der Waals surface area (Å²) in [7, 11) is 0. The molecule has 0 aromatic heterocycles. The summed E-state index contributed by atoms with van der Waals surface area (Å²) in [6.45, 7) is 4.04. The minimum Gasteiger partial charge on any atom is -0.504 e. The van der Waals surface area contributed by atoms with Crippen LogP contribution in [0.4, 0.5) is 0 Å². The monoisotopic (exact) mass is 294 g/mol. The lowest BCUT2D eigenvalue weighted by Gasteiger charge is -2.20. The van der Waals surface area contributed by atoms with Crippen molar-refractivity contribution in [2.75, 3.05) is 0 Å². The van der Waals surface area contributed by atoms with E-state index in [0.717, 1.165) is 28.7 Å². The molecule has 22 heavy (non-hydrogen) atoms. The molecule has 2 N–H and O–H groups in total. The van der Waals surface area contributed by atoms with E-state index in [1.165, 1.54) is 17.7 Å². The maximum atomic E-state index is 12.7. The van der Waals surface area contributed by atoms with Crippen LogP contribution in [-0.2, 0) is 6.42 Å². The Morgan fingerprint density at radius 3 is 2.50 bits per heavy atom. The topological polar surface area (TPSA) is 57.5 Å². The van der Waals surface area contributed by atoms with Crippen molar-refractivity contribution in [3.05, 3.63) is 63.7 Å². The van der Waals surface area contributed by atoms with Crippen molar-refractivity contribution in [2.45, 2.75) is 26.7 Å². The van der Waals surface area contributed by atoms with Crippen LogP contribution in [0.1, 0.15) is 39.0 Å². The van der Waals surface area contributed by atoms with E-state index in [2.05, 4.69) is 6.07 Å². The number of carbonyl (C=O) groups excluding carboxylic acids is 1. The van der Waals surface area contributed by atoms with Crippen molar-refractivity contribution in [1.82, 2.24) is 0 Å². The van der Waals surface area contributed by atoms with E-state index in [-0.39, 0.29) is 17.3 Å². The smallest absolute Gasteiger partial charge is 0.189 e. The molecule has 0 unspecified atom stereocenters. The van der Waals surface area contributed by atoms with Crippen LogP contribution in [0.25, 0.3) is 6.08 Å². The molecule has 2 aromatic carbocycles. The van der Waals surface area contributed by atoms with Gasteiger partial charge in [-0.15, -0.1) is 0 Å². The van der Waals surface area contributed by atoms with Gasteiger partial charge in [0.25, 0.3) is 0 Å². The van der Waals surface area contributed by atoms with Crippen molar-refractivity contribution >= 4 is 11.9 Å². The second-order valence-corrected chi connectivity index (χ2v) is 5.85. The number of ketones is 1. The van der Waals surface area contributed by atoms with Crippen molar-refractivity contribution < 1.29 is 15.0 Å². The lowest BCUT2D eigenvalue weighted by Crippen LogP contribution is -2.15. The number of phenols is 2. The second-order valence-electron chi connectivity index (χ2n) is 5.85. The van der Waals surface area contributed by atoms with Crippen LogP contribution < -0.4 is 0 Å². The zero-order chi connectivity index (χ0) is 15.9. The molecule has 0 saturated carbocycles. The predicted molar refractivity (Wildman–Crippen MR) is 86.3 cm³/mol. The molecule has 0 bridgehead atoms. The molecule has 0 amide bonds. The van der Waals surface area contributed by atoms with Crippen LogP contribution >= 0.6 is 0 Å². The van der Waals surface area contributed by atoms with Gasteiger partial charge in [0, 0.05) is 11.1 Å². The van der Waals surface area contributed by atoms with E-state index in [1.54, 1.807) is 12.1 Å². The lowest BCUT2D eigenvalue weighted by molar-refractivity contribution is 0.102. The standard InChI is InChI=1S/C19H18O3/c1-11-7-12(2)15-5-4-14(19(22)16(15)8-11)9-13-3-6-17(20)18(21)10-13/h3,6-10,20-21H,4-5H2,1-2H3/b14-9+. The van der Waals surface area contributed by atoms with Crippen molar-refractivity contribution in [2.24, 2.45) is 0 Å². The third kappa shape index (κ3) is 2.50.